The fourth-order valence-corrected chi connectivity index (χ4v) is 5.09. The van der Waals surface area contributed by atoms with Crippen molar-refractivity contribution in [2.24, 2.45) is 5.73 Å². The van der Waals surface area contributed by atoms with Crippen LogP contribution in [-0.4, -0.2) is 43.1 Å². The van der Waals surface area contributed by atoms with Gasteiger partial charge in [-0.05, 0) is 24.8 Å². The minimum absolute atomic E-state index is 0.0502. The van der Waals surface area contributed by atoms with E-state index in [2.05, 4.69) is 19.2 Å². The van der Waals surface area contributed by atoms with Crippen molar-refractivity contribution in [2.45, 2.75) is 161 Å². The zero-order chi connectivity index (χ0) is 31.4. The number of nitrogens with two attached hydrogens (primary N) is 1. The Hall–Kier alpha value is -2.41. The summed E-state index contributed by atoms with van der Waals surface area (Å²) in [4.78, 5) is 37.6. The Morgan fingerprint density at radius 3 is 1.44 bits per heavy atom. The summed E-state index contributed by atoms with van der Waals surface area (Å²) < 4.78 is 11.0. The maximum absolute atomic E-state index is 12.8. The molecule has 0 radical (unpaired) electrons. The number of ether oxygens (including phenoxy) is 2. The number of esters is 2. The van der Waals surface area contributed by atoms with E-state index in [1.54, 1.807) is 0 Å². The Bertz CT molecular complexity index is 794. The highest BCUT2D eigenvalue weighted by molar-refractivity contribution is 5.82. The Kier molecular flexibility index (Phi) is 24.4. The summed E-state index contributed by atoms with van der Waals surface area (Å²) in [5.74, 6) is -0.951. The van der Waals surface area contributed by atoms with Gasteiger partial charge in [-0.25, -0.2) is 0 Å². The summed E-state index contributed by atoms with van der Waals surface area (Å²) in [6.07, 6.45) is 22.2. The summed E-state index contributed by atoms with van der Waals surface area (Å²) in [6.45, 7) is 4.35. The van der Waals surface area contributed by atoms with E-state index < -0.39 is 12.1 Å². The van der Waals surface area contributed by atoms with Crippen LogP contribution in [0, 0.1) is 0 Å². The monoisotopic (exact) mass is 602 g/mol. The van der Waals surface area contributed by atoms with E-state index in [1.165, 1.54) is 77.0 Å². The van der Waals surface area contributed by atoms with Gasteiger partial charge in [0, 0.05) is 12.8 Å². The third-order valence-corrected chi connectivity index (χ3v) is 7.84. The summed E-state index contributed by atoms with van der Waals surface area (Å²) in [7, 11) is 0. The van der Waals surface area contributed by atoms with Crippen molar-refractivity contribution >= 4 is 17.8 Å². The molecule has 1 aromatic rings. The predicted molar refractivity (Wildman–Crippen MR) is 176 cm³/mol. The summed E-state index contributed by atoms with van der Waals surface area (Å²) in [6, 6.07) is 8.16. The molecule has 0 spiro atoms. The molecule has 1 atom stereocenters. The lowest BCUT2D eigenvalue weighted by Gasteiger charge is -2.21. The second-order valence-electron chi connectivity index (χ2n) is 12.0. The van der Waals surface area contributed by atoms with Crippen LogP contribution in [0.4, 0.5) is 0 Å². The lowest BCUT2D eigenvalue weighted by Crippen LogP contribution is -2.50. The molecule has 0 fully saturated rings. The predicted octanol–water partition coefficient (Wildman–Crippen LogP) is 7.97. The molecule has 7 heteroatoms. The van der Waals surface area contributed by atoms with Crippen molar-refractivity contribution in [2.75, 3.05) is 13.2 Å². The molecule has 0 aliphatic heterocycles. The molecule has 43 heavy (non-hydrogen) atoms. The molecule has 1 unspecified atom stereocenters. The summed E-state index contributed by atoms with van der Waals surface area (Å²) in [5, 5.41) is 2.84. The quantitative estimate of drug-likeness (QED) is 0.0744. The highest BCUT2D eigenvalue weighted by Crippen LogP contribution is 2.12. The first-order chi connectivity index (χ1) is 21.0. The van der Waals surface area contributed by atoms with Gasteiger partial charge in [0.15, 0.2) is 0 Å². The standard InChI is InChI=1S/C36H62N2O5/c1-3-5-7-9-11-13-15-17-22-26-34(39)42-29-32(38-36(41)33(37)28-31-24-20-19-21-25-31)30-43-35(40)27-23-18-16-14-12-10-8-6-4-2/h19-21,24-25,32-33H,3-18,22-23,26-30,37H2,1-2H3,(H,38,41). The molecule has 0 aliphatic carbocycles. The Labute approximate surface area is 262 Å². The topological polar surface area (TPSA) is 108 Å². The molecular formula is C36H62N2O5. The van der Waals surface area contributed by atoms with Crippen LogP contribution in [0.2, 0.25) is 0 Å². The maximum atomic E-state index is 12.8. The smallest absolute Gasteiger partial charge is 0.305 e. The SMILES string of the molecule is CCCCCCCCCCCC(=O)OCC(COC(=O)CCCCCCCCCCC)NC(=O)C(N)Cc1ccccc1. The van der Waals surface area contributed by atoms with Gasteiger partial charge in [-0.2, -0.15) is 0 Å². The van der Waals surface area contributed by atoms with E-state index in [9.17, 15) is 14.4 Å². The second-order valence-corrected chi connectivity index (χ2v) is 12.0. The fourth-order valence-electron chi connectivity index (χ4n) is 5.09. The van der Waals surface area contributed by atoms with Crippen molar-refractivity contribution in [3.63, 3.8) is 0 Å². The number of carbonyl (C=O) groups is 3. The van der Waals surface area contributed by atoms with Gasteiger partial charge in [-0.3, -0.25) is 14.4 Å². The molecule has 3 N–H and O–H groups in total. The minimum Gasteiger partial charge on any atom is -0.463 e. The fraction of sp³-hybridized carbons (Fsp3) is 0.750. The molecule has 0 heterocycles. The third-order valence-electron chi connectivity index (χ3n) is 7.84. The van der Waals surface area contributed by atoms with Gasteiger partial charge in [-0.1, -0.05) is 147 Å². The van der Waals surface area contributed by atoms with Gasteiger partial charge < -0.3 is 20.5 Å². The zero-order valence-corrected chi connectivity index (χ0v) is 27.4. The largest absolute Gasteiger partial charge is 0.463 e. The lowest BCUT2D eigenvalue weighted by molar-refractivity contribution is -0.149. The van der Waals surface area contributed by atoms with Crippen LogP contribution in [0.25, 0.3) is 0 Å². The second kappa shape index (κ2) is 27.2. The maximum Gasteiger partial charge on any atom is 0.305 e. The normalized spacial score (nSPS) is 11.8. The number of carbonyl (C=O) groups excluding carboxylic acids is 3. The molecule has 0 aromatic heterocycles. The number of rotatable bonds is 28. The number of unbranched alkanes of at least 4 members (excludes halogenated alkanes) is 16. The molecule has 1 amide bonds. The molecule has 0 saturated heterocycles. The molecule has 7 nitrogen and oxygen atoms in total. The van der Waals surface area contributed by atoms with Crippen LogP contribution in [0.5, 0.6) is 0 Å². The van der Waals surface area contributed by atoms with E-state index in [4.69, 9.17) is 15.2 Å². The van der Waals surface area contributed by atoms with Crippen molar-refractivity contribution in [1.82, 2.24) is 5.32 Å². The van der Waals surface area contributed by atoms with Crippen molar-refractivity contribution < 1.29 is 23.9 Å². The van der Waals surface area contributed by atoms with Crippen LogP contribution < -0.4 is 11.1 Å². The number of amides is 1. The first-order valence-electron chi connectivity index (χ1n) is 17.4. The van der Waals surface area contributed by atoms with E-state index in [-0.39, 0.29) is 31.1 Å². The molecule has 1 aromatic carbocycles. The number of hydrogen-bond acceptors (Lipinski definition) is 6. The van der Waals surface area contributed by atoms with E-state index in [1.807, 2.05) is 30.3 Å². The van der Waals surface area contributed by atoms with Gasteiger partial charge in [-0.15, -0.1) is 0 Å². The molecule has 1 rings (SSSR count). The van der Waals surface area contributed by atoms with Crippen molar-refractivity contribution in [3.8, 4) is 0 Å². The first-order valence-corrected chi connectivity index (χ1v) is 17.4. The first kappa shape index (κ1) is 38.6. The Morgan fingerprint density at radius 1 is 0.628 bits per heavy atom. The van der Waals surface area contributed by atoms with Crippen LogP contribution in [0.15, 0.2) is 30.3 Å². The van der Waals surface area contributed by atoms with Crippen LogP contribution in [0.3, 0.4) is 0 Å². The highest BCUT2D eigenvalue weighted by atomic mass is 16.5. The van der Waals surface area contributed by atoms with Gasteiger partial charge in [0.2, 0.25) is 5.91 Å². The zero-order valence-electron chi connectivity index (χ0n) is 27.4. The lowest BCUT2D eigenvalue weighted by atomic mass is 10.1. The van der Waals surface area contributed by atoms with Gasteiger partial charge >= 0.3 is 11.9 Å². The molecule has 0 aliphatic rings. The third kappa shape index (κ3) is 22.7. The van der Waals surface area contributed by atoms with Gasteiger partial charge in [0.1, 0.15) is 13.2 Å². The average Bonchev–Trinajstić information content (AvgIpc) is 3.01. The van der Waals surface area contributed by atoms with E-state index >= 15 is 0 Å². The molecule has 0 bridgehead atoms. The molecular weight excluding hydrogens is 540 g/mol. The van der Waals surface area contributed by atoms with Gasteiger partial charge in [0.05, 0.1) is 12.1 Å². The summed E-state index contributed by atoms with van der Waals surface area (Å²) in [5.41, 5.74) is 7.12. The Morgan fingerprint density at radius 2 is 1.02 bits per heavy atom. The molecule has 0 saturated carbocycles. The van der Waals surface area contributed by atoms with E-state index in [0.717, 1.165) is 44.1 Å². The number of hydrogen-bond donors (Lipinski definition) is 2. The molecule has 246 valence electrons. The summed E-state index contributed by atoms with van der Waals surface area (Å²) >= 11 is 0. The number of benzene rings is 1. The number of nitrogens with one attached hydrogen (secondary N) is 1. The van der Waals surface area contributed by atoms with E-state index in [0.29, 0.717) is 19.3 Å². The highest BCUT2D eigenvalue weighted by Gasteiger charge is 2.21. The van der Waals surface area contributed by atoms with Crippen molar-refractivity contribution in [1.29, 1.82) is 0 Å². The minimum atomic E-state index is -0.764. The average molecular weight is 603 g/mol. The van der Waals surface area contributed by atoms with Crippen LogP contribution in [-0.2, 0) is 30.3 Å². The van der Waals surface area contributed by atoms with Crippen LogP contribution in [0.1, 0.15) is 148 Å². The van der Waals surface area contributed by atoms with Gasteiger partial charge in [0.25, 0.3) is 0 Å². The Balaban J connectivity index is 2.40. The van der Waals surface area contributed by atoms with Crippen molar-refractivity contribution in [3.05, 3.63) is 35.9 Å². The van der Waals surface area contributed by atoms with Crippen LogP contribution >= 0.6 is 0 Å².